The predicted molar refractivity (Wildman–Crippen MR) is 92.3 cm³/mol. The van der Waals surface area contributed by atoms with Crippen LogP contribution in [0.2, 0.25) is 0 Å². The van der Waals surface area contributed by atoms with Crippen molar-refractivity contribution in [3.8, 4) is 0 Å². The minimum atomic E-state index is -5.09. The Morgan fingerprint density at radius 2 is 1.62 bits per heavy atom. The number of hydrogen-bond acceptors (Lipinski definition) is 4. The summed E-state index contributed by atoms with van der Waals surface area (Å²) < 4.78 is 46.8. The maximum atomic E-state index is 13.8. The van der Waals surface area contributed by atoms with Crippen LogP contribution in [0.3, 0.4) is 0 Å². The molecule has 0 amide bonds. The second-order valence-corrected chi connectivity index (χ2v) is 6.12. The first-order valence-corrected chi connectivity index (χ1v) is 7.75. The van der Waals surface area contributed by atoms with E-state index in [1.54, 1.807) is 25.1 Å². The molecule has 0 bridgehead atoms. The lowest BCUT2D eigenvalue weighted by Gasteiger charge is -2.30. The van der Waals surface area contributed by atoms with Crippen molar-refractivity contribution in [3.05, 3.63) is 76.1 Å². The van der Waals surface area contributed by atoms with E-state index in [0.29, 0.717) is 11.8 Å². The first kappa shape index (κ1) is 18.0. The highest BCUT2D eigenvalue weighted by Crippen LogP contribution is 2.44. The van der Waals surface area contributed by atoms with E-state index < -0.39 is 28.5 Å². The van der Waals surface area contributed by atoms with E-state index in [2.05, 4.69) is 0 Å². The molecule has 1 aromatic heterocycles. The third-order valence-corrected chi connectivity index (χ3v) is 4.20. The molecule has 1 heterocycles. The Kier molecular flexibility index (Phi) is 4.28. The second-order valence-electron chi connectivity index (χ2n) is 6.12. The van der Waals surface area contributed by atoms with Gasteiger partial charge >= 0.3 is 6.18 Å². The van der Waals surface area contributed by atoms with Gasteiger partial charge in [-0.2, -0.15) is 13.2 Å². The Morgan fingerprint density at radius 3 is 2.19 bits per heavy atom. The van der Waals surface area contributed by atoms with E-state index >= 15 is 0 Å². The number of aliphatic hydroxyl groups is 1. The highest BCUT2D eigenvalue weighted by molar-refractivity contribution is 5.76. The molecule has 0 aliphatic rings. The fraction of sp³-hybridized carbons (Fsp3) is 0.211. The summed E-state index contributed by atoms with van der Waals surface area (Å²) in [6.45, 7) is 0. The van der Waals surface area contributed by atoms with Crippen LogP contribution in [0.25, 0.3) is 11.0 Å². The van der Waals surface area contributed by atoms with E-state index in [1.165, 1.54) is 30.3 Å². The van der Waals surface area contributed by atoms with Crippen LogP contribution in [-0.4, -0.2) is 25.4 Å². The van der Waals surface area contributed by atoms with Gasteiger partial charge in [-0.25, -0.2) is 0 Å². The van der Waals surface area contributed by atoms with Crippen LogP contribution in [0, 0.1) is 0 Å². The number of hydrogen-bond donors (Lipinski definition) is 1. The molecule has 3 aromatic rings. The summed E-state index contributed by atoms with van der Waals surface area (Å²) in [5.41, 5.74) is -3.90. The molecule has 0 radical (unpaired) electrons. The maximum Gasteiger partial charge on any atom is 0.428 e. The second kappa shape index (κ2) is 6.17. The molecule has 2 aromatic carbocycles. The molecule has 0 saturated carbocycles. The number of benzene rings is 2. The number of halogens is 3. The summed E-state index contributed by atoms with van der Waals surface area (Å²) >= 11 is 0. The number of alkyl halides is 3. The smallest absolute Gasteiger partial charge is 0.428 e. The van der Waals surface area contributed by atoms with Crippen LogP contribution >= 0.6 is 0 Å². The fourth-order valence-corrected chi connectivity index (χ4v) is 2.73. The largest absolute Gasteiger partial charge is 0.457 e. The summed E-state index contributed by atoms with van der Waals surface area (Å²) in [7, 11) is 3.49. The molecule has 4 nitrogen and oxygen atoms in total. The SMILES string of the molecule is CN(C)c1ccc(C(O)(c2cc(=O)c3ccccc3o2)C(F)(F)F)cc1. The third-order valence-electron chi connectivity index (χ3n) is 4.20. The zero-order valence-corrected chi connectivity index (χ0v) is 14.0. The molecule has 3 rings (SSSR count). The van der Waals surface area contributed by atoms with Crippen molar-refractivity contribution < 1.29 is 22.7 Å². The summed E-state index contributed by atoms with van der Waals surface area (Å²) in [4.78, 5) is 13.9. The highest BCUT2D eigenvalue weighted by Gasteiger charge is 2.58. The van der Waals surface area contributed by atoms with Crippen molar-refractivity contribution in [2.75, 3.05) is 19.0 Å². The van der Waals surface area contributed by atoms with Crippen molar-refractivity contribution in [3.63, 3.8) is 0 Å². The summed E-state index contributed by atoms with van der Waals surface area (Å²) in [5, 5.41) is 10.8. The van der Waals surface area contributed by atoms with E-state index in [4.69, 9.17) is 4.42 Å². The van der Waals surface area contributed by atoms with E-state index in [-0.39, 0.29) is 11.0 Å². The van der Waals surface area contributed by atoms with Crippen molar-refractivity contribution in [1.29, 1.82) is 0 Å². The zero-order valence-electron chi connectivity index (χ0n) is 14.0. The highest BCUT2D eigenvalue weighted by atomic mass is 19.4. The quantitative estimate of drug-likeness (QED) is 0.772. The van der Waals surface area contributed by atoms with Gasteiger partial charge in [-0.3, -0.25) is 4.79 Å². The lowest BCUT2D eigenvalue weighted by Crippen LogP contribution is -2.43. The number of rotatable bonds is 3. The Balaban J connectivity index is 2.25. The molecule has 26 heavy (non-hydrogen) atoms. The van der Waals surface area contributed by atoms with Gasteiger partial charge in [0.25, 0.3) is 0 Å². The molecule has 1 N–H and O–H groups in total. The number of fused-ring (bicyclic) bond motifs is 1. The minimum Gasteiger partial charge on any atom is -0.457 e. The van der Waals surface area contributed by atoms with Gasteiger partial charge in [0, 0.05) is 31.4 Å². The van der Waals surface area contributed by atoms with Crippen molar-refractivity contribution in [2.24, 2.45) is 0 Å². The standard InChI is InChI=1S/C19H16F3NO3/c1-23(2)13-9-7-12(8-10-13)18(25,19(20,21)22)17-11-15(24)14-5-3-4-6-16(14)26-17/h3-11,25H,1-2H3. The van der Waals surface area contributed by atoms with Crippen molar-refractivity contribution >= 4 is 16.7 Å². The van der Waals surface area contributed by atoms with Crippen LogP contribution in [0.4, 0.5) is 18.9 Å². The van der Waals surface area contributed by atoms with E-state index in [0.717, 1.165) is 12.1 Å². The molecule has 136 valence electrons. The lowest BCUT2D eigenvalue weighted by atomic mass is 9.89. The van der Waals surface area contributed by atoms with Gasteiger partial charge < -0.3 is 14.4 Å². The molecule has 0 spiro atoms. The minimum absolute atomic E-state index is 0.0254. The first-order chi connectivity index (χ1) is 12.1. The predicted octanol–water partition coefficient (Wildman–Crippen LogP) is 3.66. The Morgan fingerprint density at radius 1 is 1.00 bits per heavy atom. The van der Waals surface area contributed by atoms with Crippen LogP contribution < -0.4 is 10.3 Å². The van der Waals surface area contributed by atoms with Gasteiger partial charge in [0.15, 0.2) is 11.2 Å². The van der Waals surface area contributed by atoms with Gasteiger partial charge in [-0.15, -0.1) is 0 Å². The topological polar surface area (TPSA) is 53.7 Å². The van der Waals surface area contributed by atoms with Crippen LogP contribution in [0.1, 0.15) is 11.3 Å². The Hall–Kier alpha value is -2.80. The summed E-state index contributed by atoms with van der Waals surface area (Å²) in [6.07, 6.45) is -5.09. The first-order valence-electron chi connectivity index (χ1n) is 7.75. The van der Waals surface area contributed by atoms with E-state index in [9.17, 15) is 23.1 Å². The van der Waals surface area contributed by atoms with Gasteiger partial charge in [0.1, 0.15) is 5.58 Å². The van der Waals surface area contributed by atoms with Crippen LogP contribution in [-0.2, 0) is 5.60 Å². The molecule has 1 atom stereocenters. The molecule has 0 aliphatic carbocycles. The van der Waals surface area contributed by atoms with E-state index in [1.807, 2.05) is 0 Å². The molecular formula is C19H16F3NO3. The molecule has 7 heteroatoms. The molecule has 0 aliphatic heterocycles. The van der Waals surface area contributed by atoms with Gasteiger partial charge in [-0.05, 0) is 24.3 Å². The normalized spacial score (nSPS) is 14.2. The number of para-hydroxylation sites is 1. The summed E-state index contributed by atoms with van der Waals surface area (Å²) in [6, 6.07) is 11.9. The fourth-order valence-electron chi connectivity index (χ4n) is 2.73. The average Bonchev–Trinajstić information content (AvgIpc) is 2.60. The zero-order chi connectivity index (χ0) is 19.1. The van der Waals surface area contributed by atoms with Gasteiger partial charge in [0.2, 0.25) is 5.60 Å². The third kappa shape index (κ3) is 2.84. The number of nitrogens with zero attached hydrogens (tertiary/aromatic N) is 1. The maximum absolute atomic E-state index is 13.8. The molecule has 1 unspecified atom stereocenters. The Labute approximate surface area is 147 Å². The van der Waals surface area contributed by atoms with Gasteiger partial charge in [0.05, 0.1) is 5.39 Å². The average molecular weight is 363 g/mol. The molecule has 0 saturated heterocycles. The Bertz CT molecular complexity index is 993. The van der Waals surface area contributed by atoms with Crippen LogP contribution in [0.15, 0.2) is 63.8 Å². The molecular weight excluding hydrogens is 347 g/mol. The van der Waals surface area contributed by atoms with Crippen molar-refractivity contribution in [2.45, 2.75) is 11.8 Å². The number of anilines is 1. The van der Waals surface area contributed by atoms with Crippen LogP contribution in [0.5, 0.6) is 0 Å². The monoisotopic (exact) mass is 363 g/mol. The van der Waals surface area contributed by atoms with Crippen molar-refractivity contribution in [1.82, 2.24) is 0 Å². The molecule has 0 fully saturated rings. The lowest BCUT2D eigenvalue weighted by molar-refractivity contribution is -0.254. The summed E-state index contributed by atoms with van der Waals surface area (Å²) in [5.74, 6) is -0.869. The van der Waals surface area contributed by atoms with Gasteiger partial charge in [-0.1, -0.05) is 24.3 Å².